The highest BCUT2D eigenvalue weighted by Crippen LogP contribution is 2.20. The van der Waals surface area contributed by atoms with Crippen molar-refractivity contribution in [2.24, 2.45) is 11.7 Å². The molecule has 0 aliphatic heterocycles. The van der Waals surface area contributed by atoms with Crippen LogP contribution in [0, 0.1) is 12.8 Å². The minimum atomic E-state index is -0.140. The molecule has 1 atom stereocenters. The largest absolute Gasteiger partial charge is 0.353 e. The first-order valence-corrected chi connectivity index (χ1v) is 6.10. The smallest absolute Gasteiger partial charge is 0.224 e. The normalized spacial score (nSPS) is 16.6. The van der Waals surface area contributed by atoms with Crippen molar-refractivity contribution in [1.82, 2.24) is 10.3 Å². The molecule has 17 heavy (non-hydrogen) atoms. The first kappa shape index (κ1) is 12.0. The molecule has 0 radical (unpaired) electrons. The maximum absolute atomic E-state index is 11.9. The molecule has 1 heterocycles. The zero-order valence-electron chi connectivity index (χ0n) is 10.1. The Kier molecular flexibility index (Phi) is 3.74. The van der Waals surface area contributed by atoms with Gasteiger partial charge in [-0.2, -0.15) is 0 Å². The number of rotatable bonds is 5. The third-order valence-electron chi connectivity index (χ3n) is 3.19. The van der Waals surface area contributed by atoms with Gasteiger partial charge in [0.05, 0.1) is 5.92 Å². The summed E-state index contributed by atoms with van der Waals surface area (Å²) < 4.78 is 0. The van der Waals surface area contributed by atoms with Gasteiger partial charge < -0.3 is 11.1 Å². The van der Waals surface area contributed by atoms with Crippen molar-refractivity contribution in [2.45, 2.75) is 32.2 Å². The third-order valence-corrected chi connectivity index (χ3v) is 3.19. The summed E-state index contributed by atoms with van der Waals surface area (Å²) in [6, 6.07) is 2.35. The number of nitrogens with two attached hydrogens (primary N) is 1. The van der Waals surface area contributed by atoms with E-state index in [4.69, 9.17) is 5.73 Å². The second kappa shape index (κ2) is 5.27. The summed E-state index contributed by atoms with van der Waals surface area (Å²) >= 11 is 0. The number of amides is 1. The molecule has 0 spiro atoms. The van der Waals surface area contributed by atoms with Crippen molar-refractivity contribution >= 4 is 5.91 Å². The second-order valence-electron chi connectivity index (χ2n) is 4.72. The lowest BCUT2D eigenvalue weighted by Crippen LogP contribution is -2.37. The van der Waals surface area contributed by atoms with Gasteiger partial charge in [0.25, 0.3) is 0 Å². The molecule has 1 aromatic rings. The topological polar surface area (TPSA) is 68.0 Å². The minimum Gasteiger partial charge on any atom is -0.353 e. The molecule has 1 aromatic heterocycles. The number of pyridine rings is 1. The maximum atomic E-state index is 11.9. The fourth-order valence-electron chi connectivity index (χ4n) is 1.81. The van der Waals surface area contributed by atoms with E-state index in [2.05, 4.69) is 10.3 Å². The Morgan fingerprint density at radius 1 is 1.65 bits per heavy atom. The first-order valence-electron chi connectivity index (χ1n) is 6.10. The predicted molar refractivity (Wildman–Crippen MR) is 66.4 cm³/mol. The molecule has 1 fully saturated rings. The van der Waals surface area contributed by atoms with Crippen LogP contribution in [0.1, 0.15) is 24.0 Å². The molecule has 1 aliphatic rings. The van der Waals surface area contributed by atoms with Gasteiger partial charge in [0.2, 0.25) is 5.91 Å². The summed E-state index contributed by atoms with van der Waals surface area (Å²) in [5.41, 5.74) is 7.96. The standard InChI is InChI=1S/C13H19N3O/c1-9-4-5-15-8-11(9)6-10(7-14)13(17)16-12-2-3-12/h4-5,8,10,12H,2-3,6-7,14H2,1H3,(H,16,17). The van der Waals surface area contributed by atoms with E-state index in [1.165, 1.54) is 0 Å². The number of aryl methyl sites for hydroxylation is 1. The molecule has 0 aromatic carbocycles. The van der Waals surface area contributed by atoms with Crippen LogP contribution in [-0.4, -0.2) is 23.5 Å². The average Bonchev–Trinajstić information content (AvgIpc) is 3.11. The Morgan fingerprint density at radius 2 is 2.41 bits per heavy atom. The van der Waals surface area contributed by atoms with Crippen molar-refractivity contribution in [3.05, 3.63) is 29.6 Å². The second-order valence-corrected chi connectivity index (χ2v) is 4.72. The molecule has 0 saturated heterocycles. The Balaban J connectivity index is 1.98. The van der Waals surface area contributed by atoms with Crippen LogP contribution in [-0.2, 0) is 11.2 Å². The molecule has 4 nitrogen and oxygen atoms in total. The van der Waals surface area contributed by atoms with Gasteiger partial charge in [-0.3, -0.25) is 9.78 Å². The van der Waals surface area contributed by atoms with Crippen molar-refractivity contribution in [3.8, 4) is 0 Å². The number of hydrogen-bond acceptors (Lipinski definition) is 3. The van der Waals surface area contributed by atoms with Crippen LogP contribution in [0.15, 0.2) is 18.5 Å². The van der Waals surface area contributed by atoms with Gasteiger partial charge in [-0.05, 0) is 43.4 Å². The quantitative estimate of drug-likeness (QED) is 0.790. The third kappa shape index (κ3) is 3.27. The molecule has 3 N–H and O–H groups in total. The summed E-state index contributed by atoms with van der Waals surface area (Å²) in [5, 5.41) is 3.01. The van der Waals surface area contributed by atoms with E-state index in [9.17, 15) is 4.79 Å². The summed E-state index contributed by atoms with van der Waals surface area (Å²) in [5.74, 6) is -0.0586. The van der Waals surface area contributed by atoms with Gasteiger partial charge in [0.15, 0.2) is 0 Å². The zero-order valence-corrected chi connectivity index (χ0v) is 10.1. The van der Waals surface area contributed by atoms with E-state index in [1.54, 1.807) is 6.20 Å². The Labute approximate surface area is 102 Å². The van der Waals surface area contributed by atoms with Crippen LogP contribution >= 0.6 is 0 Å². The predicted octanol–water partition coefficient (Wildman–Crippen LogP) is 0.786. The van der Waals surface area contributed by atoms with Gasteiger partial charge in [-0.25, -0.2) is 0 Å². The monoisotopic (exact) mass is 233 g/mol. The van der Waals surface area contributed by atoms with E-state index in [0.29, 0.717) is 19.0 Å². The molecular weight excluding hydrogens is 214 g/mol. The molecule has 0 bridgehead atoms. The number of hydrogen-bond donors (Lipinski definition) is 2. The van der Waals surface area contributed by atoms with Crippen LogP contribution in [0.3, 0.4) is 0 Å². The van der Waals surface area contributed by atoms with E-state index >= 15 is 0 Å². The van der Waals surface area contributed by atoms with Crippen LogP contribution in [0.25, 0.3) is 0 Å². The fourth-order valence-corrected chi connectivity index (χ4v) is 1.81. The lowest BCUT2D eigenvalue weighted by atomic mass is 9.97. The van der Waals surface area contributed by atoms with Gasteiger partial charge in [-0.15, -0.1) is 0 Å². The maximum Gasteiger partial charge on any atom is 0.224 e. The van der Waals surface area contributed by atoms with Gasteiger partial charge in [0, 0.05) is 25.0 Å². The van der Waals surface area contributed by atoms with Gasteiger partial charge in [0.1, 0.15) is 0 Å². The number of carbonyl (C=O) groups excluding carboxylic acids is 1. The highest BCUT2D eigenvalue weighted by atomic mass is 16.2. The van der Waals surface area contributed by atoms with Crippen molar-refractivity contribution in [1.29, 1.82) is 0 Å². The Morgan fingerprint density at radius 3 is 3.00 bits per heavy atom. The average molecular weight is 233 g/mol. The summed E-state index contributed by atoms with van der Waals surface area (Å²) in [6.07, 6.45) is 6.47. The molecule has 1 aliphatic carbocycles. The molecule has 1 amide bonds. The summed E-state index contributed by atoms with van der Waals surface area (Å²) in [6.45, 7) is 2.41. The van der Waals surface area contributed by atoms with E-state index < -0.39 is 0 Å². The van der Waals surface area contributed by atoms with Gasteiger partial charge >= 0.3 is 0 Å². The molecule has 1 unspecified atom stereocenters. The number of nitrogens with zero attached hydrogens (tertiary/aromatic N) is 1. The van der Waals surface area contributed by atoms with Crippen LogP contribution < -0.4 is 11.1 Å². The molecule has 1 saturated carbocycles. The molecule has 2 rings (SSSR count). The molecular formula is C13H19N3O. The van der Waals surface area contributed by atoms with Crippen LogP contribution in [0.2, 0.25) is 0 Å². The minimum absolute atomic E-state index is 0.0817. The Hall–Kier alpha value is -1.42. The summed E-state index contributed by atoms with van der Waals surface area (Å²) in [7, 11) is 0. The SMILES string of the molecule is Cc1ccncc1CC(CN)C(=O)NC1CC1. The lowest BCUT2D eigenvalue weighted by molar-refractivity contribution is -0.124. The zero-order chi connectivity index (χ0) is 12.3. The highest BCUT2D eigenvalue weighted by molar-refractivity contribution is 5.79. The first-order chi connectivity index (χ1) is 8.20. The number of aromatic nitrogens is 1. The highest BCUT2D eigenvalue weighted by Gasteiger charge is 2.27. The van der Waals surface area contributed by atoms with E-state index in [-0.39, 0.29) is 11.8 Å². The molecule has 92 valence electrons. The van der Waals surface area contributed by atoms with Crippen LogP contribution in [0.4, 0.5) is 0 Å². The van der Waals surface area contributed by atoms with Gasteiger partial charge in [-0.1, -0.05) is 0 Å². The fraction of sp³-hybridized carbons (Fsp3) is 0.538. The summed E-state index contributed by atoms with van der Waals surface area (Å²) in [4.78, 5) is 16.0. The van der Waals surface area contributed by atoms with Crippen molar-refractivity contribution < 1.29 is 4.79 Å². The Bertz CT molecular complexity index is 401. The number of nitrogens with one attached hydrogen (secondary N) is 1. The molecule has 4 heteroatoms. The van der Waals surface area contributed by atoms with Crippen molar-refractivity contribution in [2.75, 3.05) is 6.54 Å². The van der Waals surface area contributed by atoms with Crippen molar-refractivity contribution in [3.63, 3.8) is 0 Å². The lowest BCUT2D eigenvalue weighted by Gasteiger charge is -2.15. The number of carbonyl (C=O) groups is 1. The van der Waals surface area contributed by atoms with E-state index in [0.717, 1.165) is 24.0 Å². The van der Waals surface area contributed by atoms with Crippen LogP contribution in [0.5, 0.6) is 0 Å². The van der Waals surface area contributed by atoms with E-state index in [1.807, 2.05) is 19.2 Å².